The van der Waals surface area contributed by atoms with E-state index in [-0.39, 0.29) is 0 Å². The van der Waals surface area contributed by atoms with E-state index in [2.05, 4.69) is 21.0 Å². The molecule has 0 saturated heterocycles. The van der Waals surface area contributed by atoms with E-state index < -0.39 is 11.4 Å². The van der Waals surface area contributed by atoms with Gasteiger partial charge in [0.05, 0.1) is 11.1 Å². The predicted molar refractivity (Wildman–Crippen MR) is 74.4 cm³/mol. The van der Waals surface area contributed by atoms with Crippen LogP contribution in [0, 0.1) is 0 Å². The number of carbonyl (C=O) groups is 1. The Morgan fingerprint density at radius 1 is 1.42 bits per heavy atom. The van der Waals surface area contributed by atoms with Gasteiger partial charge in [0, 0.05) is 16.9 Å². The van der Waals surface area contributed by atoms with Gasteiger partial charge in [0.1, 0.15) is 0 Å². The minimum absolute atomic E-state index is 0.689. The average Bonchev–Trinajstić information content (AvgIpc) is 2.80. The quantitative estimate of drug-likeness (QED) is 0.945. The first kappa shape index (κ1) is 12.4. The van der Waals surface area contributed by atoms with Gasteiger partial charge < -0.3 is 5.11 Å². The minimum atomic E-state index is -0.725. The lowest BCUT2D eigenvalue weighted by atomic mass is 9.64. The Kier molecular flexibility index (Phi) is 2.93. The number of aliphatic carboxylic acids is 1. The maximum absolute atomic E-state index is 11.5. The molecule has 1 N–H and O–H groups in total. The van der Waals surface area contributed by atoms with Crippen LogP contribution in [0.3, 0.4) is 0 Å². The third-order valence-electron chi connectivity index (χ3n) is 3.87. The molecule has 0 atom stereocenters. The fraction of sp³-hybridized carbons (Fsp3) is 0.286. The van der Waals surface area contributed by atoms with E-state index in [0.29, 0.717) is 0 Å². The molecule has 3 rings (SSSR count). The summed E-state index contributed by atoms with van der Waals surface area (Å²) in [5.74, 6) is -0.725. The summed E-state index contributed by atoms with van der Waals surface area (Å²) in [4.78, 5) is 11.5. The summed E-state index contributed by atoms with van der Waals surface area (Å²) in [5.41, 5.74) is 1.09. The Morgan fingerprint density at radius 3 is 2.68 bits per heavy atom. The molecule has 19 heavy (non-hydrogen) atoms. The number of benzene rings is 1. The highest BCUT2D eigenvalue weighted by Crippen LogP contribution is 2.45. The highest BCUT2D eigenvalue weighted by atomic mass is 79.9. The molecule has 1 aromatic carbocycles. The van der Waals surface area contributed by atoms with E-state index in [4.69, 9.17) is 0 Å². The number of hydrogen-bond donors (Lipinski definition) is 1. The van der Waals surface area contributed by atoms with Crippen molar-refractivity contribution in [2.24, 2.45) is 0 Å². The number of carboxylic acid groups (broad SMARTS) is 1. The number of rotatable bonds is 3. The van der Waals surface area contributed by atoms with Crippen molar-refractivity contribution in [2.45, 2.75) is 24.7 Å². The maximum Gasteiger partial charge on any atom is 0.314 e. The van der Waals surface area contributed by atoms with Gasteiger partial charge in [-0.1, -0.05) is 12.5 Å². The largest absolute Gasteiger partial charge is 0.481 e. The molecule has 1 heterocycles. The van der Waals surface area contributed by atoms with Crippen LogP contribution in [0.15, 0.2) is 41.1 Å². The van der Waals surface area contributed by atoms with Crippen LogP contribution in [-0.2, 0) is 10.2 Å². The van der Waals surface area contributed by atoms with Gasteiger partial charge in [-0.2, -0.15) is 5.10 Å². The molecular formula is C14H13BrN2O2. The molecule has 0 radical (unpaired) electrons. The van der Waals surface area contributed by atoms with Gasteiger partial charge in [0.15, 0.2) is 0 Å². The lowest BCUT2D eigenvalue weighted by Gasteiger charge is -2.38. The van der Waals surface area contributed by atoms with Crippen molar-refractivity contribution in [3.05, 3.63) is 46.7 Å². The summed E-state index contributed by atoms with van der Waals surface area (Å²) in [6, 6.07) is 7.57. The highest BCUT2D eigenvalue weighted by Gasteiger charge is 2.46. The van der Waals surface area contributed by atoms with E-state index in [9.17, 15) is 9.90 Å². The minimum Gasteiger partial charge on any atom is -0.481 e. The summed E-state index contributed by atoms with van der Waals surface area (Å²) in [5, 5.41) is 13.6. The van der Waals surface area contributed by atoms with Crippen molar-refractivity contribution < 1.29 is 9.90 Å². The van der Waals surface area contributed by atoms with Crippen molar-refractivity contribution in [1.82, 2.24) is 9.78 Å². The Bertz CT molecular complexity index is 618. The molecule has 4 nitrogen and oxygen atoms in total. The normalized spacial score (nSPS) is 16.9. The van der Waals surface area contributed by atoms with E-state index >= 15 is 0 Å². The second kappa shape index (κ2) is 4.49. The van der Waals surface area contributed by atoms with Crippen LogP contribution < -0.4 is 0 Å². The zero-order chi connectivity index (χ0) is 13.5. The average molecular weight is 321 g/mol. The van der Waals surface area contributed by atoms with Crippen molar-refractivity contribution in [2.75, 3.05) is 0 Å². The summed E-state index contributed by atoms with van der Waals surface area (Å²) in [7, 11) is 0. The molecule has 0 spiro atoms. The Hall–Kier alpha value is -1.62. The zero-order valence-corrected chi connectivity index (χ0v) is 11.8. The van der Waals surface area contributed by atoms with Gasteiger partial charge in [-0.15, -0.1) is 0 Å². The fourth-order valence-electron chi connectivity index (χ4n) is 2.56. The lowest BCUT2D eigenvalue weighted by molar-refractivity contribution is -0.147. The molecule has 0 aliphatic heterocycles. The first-order valence-electron chi connectivity index (χ1n) is 6.17. The monoisotopic (exact) mass is 320 g/mol. The molecule has 0 amide bonds. The highest BCUT2D eigenvalue weighted by molar-refractivity contribution is 9.10. The van der Waals surface area contributed by atoms with Crippen LogP contribution in [0.4, 0.5) is 0 Å². The first-order chi connectivity index (χ1) is 9.13. The van der Waals surface area contributed by atoms with Gasteiger partial charge in [0.25, 0.3) is 0 Å². The maximum atomic E-state index is 11.5. The molecular weight excluding hydrogens is 308 g/mol. The van der Waals surface area contributed by atoms with Crippen molar-refractivity contribution in [3.63, 3.8) is 0 Å². The summed E-state index contributed by atoms with van der Waals surface area (Å²) in [6.07, 6.45) is 5.98. The third-order valence-corrected chi connectivity index (χ3v) is 4.50. The Balaban J connectivity index is 2.02. The molecule has 1 fully saturated rings. The number of hydrogen-bond acceptors (Lipinski definition) is 2. The van der Waals surface area contributed by atoms with Gasteiger partial charge in [-0.3, -0.25) is 4.79 Å². The molecule has 0 unspecified atom stereocenters. The summed E-state index contributed by atoms with van der Waals surface area (Å²) in [6.45, 7) is 0. The van der Waals surface area contributed by atoms with Crippen LogP contribution >= 0.6 is 15.9 Å². The van der Waals surface area contributed by atoms with Gasteiger partial charge in [0.2, 0.25) is 0 Å². The SMILES string of the molecule is O=C(O)C1(c2ccc(-n3cccn3)c(Br)c2)CCC1. The molecule has 1 saturated carbocycles. The number of carboxylic acids is 1. The summed E-state index contributed by atoms with van der Waals surface area (Å²) >= 11 is 3.51. The Morgan fingerprint density at radius 2 is 2.21 bits per heavy atom. The second-order valence-electron chi connectivity index (χ2n) is 4.86. The third kappa shape index (κ3) is 1.89. The van der Waals surface area contributed by atoms with Crippen LogP contribution in [0.1, 0.15) is 24.8 Å². The standard InChI is InChI=1S/C14H13BrN2O2/c15-11-9-10(14(13(18)19)5-1-6-14)3-4-12(11)17-8-2-7-16-17/h2-4,7-9H,1,5-6H2,(H,18,19). The molecule has 5 heteroatoms. The predicted octanol–water partition coefficient (Wildman–Crippen LogP) is 3.14. The van der Waals surface area contributed by atoms with E-state index in [1.54, 1.807) is 10.9 Å². The van der Waals surface area contributed by atoms with Gasteiger partial charge in [-0.25, -0.2) is 4.68 Å². The van der Waals surface area contributed by atoms with Gasteiger partial charge in [-0.05, 0) is 52.5 Å². The topological polar surface area (TPSA) is 55.1 Å². The van der Waals surface area contributed by atoms with Crippen LogP contribution in [0.5, 0.6) is 0 Å². The van der Waals surface area contributed by atoms with Crippen molar-refractivity contribution in [1.29, 1.82) is 0 Å². The lowest BCUT2D eigenvalue weighted by Crippen LogP contribution is -2.42. The smallest absolute Gasteiger partial charge is 0.314 e. The molecule has 2 aromatic rings. The van der Waals surface area contributed by atoms with E-state index in [0.717, 1.165) is 35.0 Å². The molecule has 1 aliphatic carbocycles. The number of nitrogens with zero attached hydrogens (tertiary/aromatic N) is 2. The summed E-state index contributed by atoms with van der Waals surface area (Å²) < 4.78 is 2.61. The second-order valence-corrected chi connectivity index (χ2v) is 5.71. The number of halogens is 1. The zero-order valence-electron chi connectivity index (χ0n) is 10.2. The fourth-order valence-corrected chi connectivity index (χ4v) is 3.12. The van der Waals surface area contributed by atoms with E-state index in [1.165, 1.54) is 0 Å². The van der Waals surface area contributed by atoms with E-state index in [1.807, 2.05) is 30.5 Å². The van der Waals surface area contributed by atoms with Crippen LogP contribution in [0.25, 0.3) is 5.69 Å². The molecule has 1 aliphatic rings. The molecule has 1 aromatic heterocycles. The van der Waals surface area contributed by atoms with Crippen molar-refractivity contribution >= 4 is 21.9 Å². The molecule has 0 bridgehead atoms. The Labute approximate surface area is 119 Å². The van der Waals surface area contributed by atoms with Gasteiger partial charge >= 0.3 is 5.97 Å². The van der Waals surface area contributed by atoms with Crippen LogP contribution in [0.2, 0.25) is 0 Å². The number of aromatic nitrogens is 2. The van der Waals surface area contributed by atoms with Crippen LogP contribution in [-0.4, -0.2) is 20.9 Å². The van der Waals surface area contributed by atoms with Crippen molar-refractivity contribution in [3.8, 4) is 5.69 Å². The molecule has 98 valence electrons. The first-order valence-corrected chi connectivity index (χ1v) is 6.96.